The molecule has 0 atom stereocenters. The quantitative estimate of drug-likeness (QED) is 0.530. The van der Waals surface area contributed by atoms with Crippen molar-refractivity contribution in [2.45, 2.75) is 0 Å². The van der Waals surface area contributed by atoms with Crippen LogP contribution in [-0.2, 0) is 0 Å². The van der Waals surface area contributed by atoms with Crippen LogP contribution in [-0.4, -0.2) is 10.7 Å². The van der Waals surface area contributed by atoms with E-state index >= 15 is 0 Å². The van der Waals surface area contributed by atoms with Crippen LogP contribution in [0.4, 0.5) is 0 Å². The van der Waals surface area contributed by atoms with Crippen molar-refractivity contribution in [1.82, 2.24) is 4.40 Å². The van der Waals surface area contributed by atoms with Gasteiger partial charge in [0, 0.05) is 6.07 Å². The number of nitrogens with zero attached hydrogens (tertiary/aromatic N) is 1. The first-order valence-electron chi connectivity index (χ1n) is 6.87. The molecule has 0 radical (unpaired) electrons. The number of carbonyl (C=O) groups excluding carboxylic acids is 1. The SMILES string of the molecule is O=Cc1ccc(=O)n2c1oc1ccc(-c3ccccc3)cc12. The second-order valence-corrected chi connectivity index (χ2v) is 5.04. The highest BCUT2D eigenvalue weighted by Crippen LogP contribution is 2.26. The molecule has 4 nitrogen and oxygen atoms in total. The first-order chi connectivity index (χ1) is 10.8. The van der Waals surface area contributed by atoms with Gasteiger partial charge in [0.1, 0.15) is 0 Å². The zero-order valence-corrected chi connectivity index (χ0v) is 11.5. The van der Waals surface area contributed by atoms with Gasteiger partial charge in [0.15, 0.2) is 11.9 Å². The van der Waals surface area contributed by atoms with Gasteiger partial charge in [-0.05, 0) is 29.3 Å². The van der Waals surface area contributed by atoms with Gasteiger partial charge < -0.3 is 4.42 Å². The number of hydrogen-bond acceptors (Lipinski definition) is 3. The summed E-state index contributed by atoms with van der Waals surface area (Å²) < 4.78 is 7.11. The summed E-state index contributed by atoms with van der Waals surface area (Å²) in [4.78, 5) is 23.3. The van der Waals surface area contributed by atoms with Gasteiger partial charge in [-0.1, -0.05) is 36.4 Å². The minimum absolute atomic E-state index is 0.218. The Hall–Kier alpha value is -3.14. The van der Waals surface area contributed by atoms with Gasteiger partial charge >= 0.3 is 0 Å². The lowest BCUT2D eigenvalue weighted by molar-refractivity contribution is 0.112. The van der Waals surface area contributed by atoms with Crippen LogP contribution < -0.4 is 5.56 Å². The number of aromatic nitrogens is 1. The summed E-state index contributed by atoms with van der Waals surface area (Å²) in [5.74, 6) is 0. The van der Waals surface area contributed by atoms with E-state index < -0.39 is 0 Å². The molecule has 0 saturated carbocycles. The normalized spacial score (nSPS) is 11.1. The maximum Gasteiger partial charge on any atom is 0.258 e. The van der Waals surface area contributed by atoms with Crippen LogP contribution in [0.2, 0.25) is 0 Å². The van der Waals surface area contributed by atoms with Crippen LogP contribution in [0.25, 0.3) is 27.9 Å². The monoisotopic (exact) mass is 289 g/mol. The number of rotatable bonds is 2. The van der Waals surface area contributed by atoms with E-state index in [9.17, 15) is 9.59 Å². The van der Waals surface area contributed by atoms with Crippen molar-refractivity contribution >= 4 is 23.1 Å². The lowest BCUT2D eigenvalue weighted by Crippen LogP contribution is -2.11. The van der Waals surface area contributed by atoms with Crippen molar-refractivity contribution in [2.75, 3.05) is 0 Å². The maximum atomic E-state index is 12.2. The summed E-state index contributed by atoms with van der Waals surface area (Å²) in [6.07, 6.45) is 0.690. The Morgan fingerprint density at radius 1 is 0.909 bits per heavy atom. The van der Waals surface area contributed by atoms with Crippen LogP contribution in [0.1, 0.15) is 10.4 Å². The summed E-state index contributed by atoms with van der Waals surface area (Å²) in [7, 11) is 0. The molecule has 0 amide bonds. The highest BCUT2D eigenvalue weighted by molar-refractivity contribution is 5.89. The van der Waals surface area contributed by atoms with Crippen LogP contribution >= 0.6 is 0 Å². The Labute approximate surface area is 125 Å². The summed E-state index contributed by atoms with van der Waals surface area (Å²) in [5, 5.41) is 0. The molecule has 2 aromatic carbocycles. The lowest BCUT2D eigenvalue weighted by Gasteiger charge is -2.01. The van der Waals surface area contributed by atoms with E-state index in [1.165, 1.54) is 16.5 Å². The molecular formula is C18H11NO3. The fourth-order valence-corrected chi connectivity index (χ4v) is 2.65. The number of aldehydes is 1. The summed E-state index contributed by atoms with van der Waals surface area (Å²) in [5.41, 5.74) is 3.69. The maximum absolute atomic E-state index is 12.2. The van der Waals surface area contributed by atoms with Gasteiger partial charge in [-0.3, -0.25) is 9.59 Å². The number of fused-ring (bicyclic) bond motifs is 3. The minimum Gasteiger partial charge on any atom is -0.437 e. The van der Waals surface area contributed by atoms with Gasteiger partial charge in [-0.25, -0.2) is 4.40 Å². The highest BCUT2D eigenvalue weighted by atomic mass is 16.3. The molecule has 0 spiro atoms. The van der Waals surface area contributed by atoms with Crippen molar-refractivity contribution in [3.05, 3.63) is 76.6 Å². The van der Waals surface area contributed by atoms with E-state index in [0.717, 1.165) is 11.1 Å². The first kappa shape index (κ1) is 12.6. The molecule has 4 rings (SSSR count). The van der Waals surface area contributed by atoms with Gasteiger partial charge in [0.2, 0.25) is 5.71 Å². The molecule has 2 aromatic heterocycles. The molecule has 106 valence electrons. The first-order valence-corrected chi connectivity index (χ1v) is 6.87. The molecule has 0 aliphatic heterocycles. The third-order valence-corrected chi connectivity index (χ3v) is 3.72. The molecule has 2 heterocycles. The van der Waals surface area contributed by atoms with Gasteiger partial charge in [0.05, 0.1) is 11.1 Å². The van der Waals surface area contributed by atoms with Crippen molar-refractivity contribution in [3.63, 3.8) is 0 Å². The summed E-state index contributed by atoms with van der Waals surface area (Å²) >= 11 is 0. The smallest absolute Gasteiger partial charge is 0.258 e. The Bertz CT molecular complexity index is 1060. The molecule has 0 bridgehead atoms. The van der Waals surface area contributed by atoms with E-state index in [0.29, 0.717) is 22.9 Å². The molecule has 4 aromatic rings. The zero-order valence-electron chi connectivity index (χ0n) is 11.5. The second kappa shape index (κ2) is 4.70. The van der Waals surface area contributed by atoms with E-state index in [4.69, 9.17) is 4.42 Å². The number of carbonyl (C=O) groups is 1. The van der Waals surface area contributed by atoms with E-state index in [1.54, 1.807) is 0 Å². The third kappa shape index (κ3) is 1.78. The fourth-order valence-electron chi connectivity index (χ4n) is 2.65. The molecule has 0 aliphatic rings. The Kier molecular flexibility index (Phi) is 2.69. The van der Waals surface area contributed by atoms with Crippen LogP contribution in [0.3, 0.4) is 0 Å². The van der Waals surface area contributed by atoms with Crippen molar-refractivity contribution in [2.24, 2.45) is 0 Å². The van der Waals surface area contributed by atoms with Gasteiger partial charge in [-0.2, -0.15) is 0 Å². The van der Waals surface area contributed by atoms with E-state index in [1.807, 2.05) is 48.5 Å². The van der Waals surface area contributed by atoms with Crippen molar-refractivity contribution < 1.29 is 9.21 Å². The molecule has 0 saturated heterocycles. The van der Waals surface area contributed by atoms with Crippen molar-refractivity contribution in [3.8, 4) is 11.1 Å². The second-order valence-electron chi connectivity index (χ2n) is 5.04. The summed E-state index contributed by atoms with van der Waals surface area (Å²) in [6.45, 7) is 0. The third-order valence-electron chi connectivity index (χ3n) is 3.72. The zero-order chi connectivity index (χ0) is 15.1. The predicted octanol–water partition coefficient (Wildman–Crippen LogP) is 3.53. The van der Waals surface area contributed by atoms with Crippen molar-refractivity contribution in [1.29, 1.82) is 0 Å². The molecule has 0 fully saturated rings. The van der Waals surface area contributed by atoms with Gasteiger partial charge in [0.25, 0.3) is 5.56 Å². The van der Waals surface area contributed by atoms with Crippen LogP contribution in [0.5, 0.6) is 0 Å². The number of benzene rings is 2. The Balaban J connectivity index is 2.10. The standard InChI is InChI=1S/C18H11NO3/c20-11-14-7-9-17(21)19-15-10-13(12-4-2-1-3-5-12)6-8-16(15)22-18(14)19/h1-11H. The Morgan fingerprint density at radius 3 is 2.50 bits per heavy atom. The fraction of sp³-hybridized carbons (Fsp3) is 0. The molecule has 0 unspecified atom stereocenters. The minimum atomic E-state index is -0.218. The number of hydrogen-bond donors (Lipinski definition) is 0. The average molecular weight is 289 g/mol. The number of pyridine rings is 1. The van der Waals surface area contributed by atoms with E-state index in [2.05, 4.69) is 0 Å². The summed E-state index contributed by atoms with van der Waals surface area (Å²) in [6, 6.07) is 18.4. The van der Waals surface area contributed by atoms with Crippen LogP contribution in [0.15, 0.2) is 69.9 Å². The average Bonchev–Trinajstić information content (AvgIpc) is 2.95. The molecule has 4 heteroatoms. The predicted molar refractivity (Wildman–Crippen MR) is 84.3 cm³/mol. The molecule has 0 N–H and O–H groups in total. The van der Waals surface area contributed by atoms with Crippen LogP contribution in [0, 0.1) is 0 Å². The number of oxazole rings is 1. The Morgan fingerprint density at radius 2 is 1.73 bits per heavy atom. The molecule has 22 heavy (non-hydrogen) atoms. The van der Waals surface area contributed by atoms with Gasteiger partial charge in [-0.15, -0.1) is 0 Å². The molecule has 0 aliphatic carbocycles. The van der Waals surface area contributed by atoms with E-state index in [-0.39, 0.29) is 11.3 Å². The largest absolute Gasteiger partial charge is 0.437 e. The highest BCUT2D eigenvalue weighted by Gasteiger charge is 2.12. The lowest BCUT2D eigenvalue weighted by atomic mass is 10.1. The molecular weight excluding hydrogens is 278 g/mol. The topological polar surface area (TPSA) is 51.7 Å².